The van der Waals surface area contributed by atoms with Gasteiger partial charge in [0, 0.05) is 52.4 Å². The Bertz CT molecular complexity index is 167. The average Bonchev–Trinajstić information content (AvgIpc) is 2.41. The molecule has 6 nitrogen and oxygen atoms in total. The summed E-state index contributed by atoms with van der Waals surface area (Å²) in [5.74, 6) is 0. The third-order valence-electron chi connectivity index (χ3n) is 3.09. The van der Waals surface area contributed by atoms with E-state index in [4.69, 9.17) is 20.9 Å². The van der Waals surface area contributed by atoms with Crippen LogP contribution in [0.15, 0.2) is 0 Å². The number of ether oxygens (including phenoxy) is 2. The molecule has 0 aromatic rings. The Morgan fingerprint density at radius 1 is 0.667 bits per heavy atom. The summed E-state index contributed by atoms with van der Waals surface area (Å²) < 4.78 is 10.8. The van der Waals surface area contributed by atoms with Gasteiger partial charge in [0.25, 0.3) is 0 Å². The fourth-order valence-electron chi connectivity index (χ4n) is 1.99. The van der Waals surface area contributed by atoms with Crippen molar-refractivity contribution in [3.8, 4) is 0 Å². The van der Waals surface area contributed by atoms with Crippen LogP contribution in [0.3, 0.4) is 0 Å². The summed E-state index contributed by atoms with van der Waals surface area (Å²) in [6, 6.07) is 0. The van der Waals surface area contributed by atoms with Gasteiger partial charge in [0.05, 0.1) is 26.4 Å². The highest BCUT2D eigenvalue weighted by Crippen LogP contribution is 2.01. The highest BCUT2D eigenvalue weighted by atomic mass is 16.5. The van der Waals surface area contributed by atoms with E-state index >= 15 is 0 Å². The first-order valence-corrected chi connectivity index (χ1v) is 6.87. The third-order valence-corrected chi connectivity index (χ3v) is 3.09. The van der Waals surface area contributed by atoms with Crippen LogP contribution in [-0.2, 0) is 9.47 Å². The highest BCUT2D eigenvalue weighted by molar-refractivity contribution is 4.71. The Hall–Kier alpha value is -0.240. The molecule has 0 atom stereocenters. The molecule has 0 bridgehead atoms. The number of piperazine rings is 1. The zero-order valence-corrected chi connectivity index (χ0v) is 11.4. The van der Waals surface area contributed by atoms with E-state index in [-0.39, 0.29) is 0 Å². The smallest absolute Gasteiger partial charge is 0.0594 e. The van der Waals surface area contributed by atoms with Crippen molar-refractivity contribution in [2.75, 3.05) is 78.8 Å². The van der Waals surface area contributed by atoms with Gasteiger partial charge >= 0.3 is 0 Å². The van der Waals surface area contributed by atoms with Crippen molar-refractivity contribution in [1.29, 1.82) is 0 Å². The fraction of sp³-hybridized carbons (Fsp3) is 1.00. The Morgan fingerprint density at radius 3 is 1.39 bits per heavy atom. The van der Waals surface area contributed by atoms with Crippen LogP contribution >= 0.6 is 0 Å². The Kier molecular flexibility index (Phi) is 9.37. The van der Waals surface area contributed by atoms with Crippen molar-refractivity contribution in [3.63, 3.8) is 0 Å². The predicted octanol–water partition coefficient (Wildman–Crippen LogP) is -1.45. The molecule has 1 aliphatic rings. The molecular weight excluding hydrogens is 232 g/mol. The number of hydrogen-bond donors (Lipinski definition) is 2. The largest absolute Gasteiger partial charge is 0.379 e. The van der Waals surface area contributed by atoms with E-state index in [1.54, 1.807) is 0 Å². The van der Waals surface area contributed by atoms with Crippen molar-refractivity contribution < 1.29 is 9.47 Å². The average molecular weight is 260 g/mol. The summed E-state index contributed by atoms with van der Waals surface area (Å²) >= 11 is 0. The van der Waals surface area contributed by atoms with Crippen molar-refractivity contribution in [2.45, 2.75) is 0 Å². The van der Waals surface area contributed by atoms with Crippen molar-refractivity contribution >= 4 is 0 Å². The first-order valence-electron chi connectivity index (χ1n) is 6.87. The molecule has 0 radical (unpaired) electrons. The van der Waals surface area contributed by atoms with Crippen LogP contribution in [0, 0.1) is 0 Å². The minimum atomic E-state index is 0.608. The van der Waals surface area contributed by atoms with E-state index in [0.717, 1.165) is 52.5 Å². The quantitative estimate of drug-likeness (QED) is 0.468. The Balaban J connectivity index is 1.95. The molecule has 1 fully saturated rings. The maximum absolute atomic E-state index is 5.39. The van der Waals surface area contributed by atoms with Gasteiger partial charge in [-0.2, -0.15) is 0 Å². The molecule has 1 aliphatic heterocycles. The number of hydrogen-bond acceptors (Lipinski definition) is 6. The SMILES string of the molecule is NCCOCCN1CCN(CCOCCN)CC1. The molecule has 1 rings (SSSR count). The molecular formula is C12H28N4O2. The second kappa shape index (κ2) is 10.7. The molecule has 0 saturated carbocycles. The van der Waals surface area contributed by atoms with Gasteiger partial charge in [-0.15, -0.1) is 0 Å². The molecule has 0 aliphatic carbocycles. The molecule has 1 heterocycles. The maximum atomic E-state index is 5.39. The van der Waals surface area contributed by atoms with E-state index in [1.807, 2.05) is 0 Å². The topological polar surface area (TPSA) is 77.0 Å². The van der Waals surface area contributed by atoms with Crippen molar-refractivity contribution in [2.24, 2.45) is 11.5 Å². The van der Waals surface area contributed by atoms with Gasteiger partial charge in [-0.25, -0.2) is 0 Å². The predicted molar refractivity (Wildman–Crippen MR) is 72.6 cm³/mol. The van der Waals surface area contributed by atoms with Gasteiger partial charge in [0.15, 0.2) is 0 Å². The van der Waals surface area contributed by atoms with Gasteiger partial charge in [0.2, 0.25) is 0 Å². The first-order chi connectivity index (χ1) is 8.86. The van der Waals surface area contributed by atoms with Gasteiger partial charge in [0.1, 0.15) is 0 Å². The van der Waals surface area contributed by atoms with E-state index in [2.05, 4.69) is 9.80 Å². The second-order valence-electron chi connectivity index (χ2n) is 4.49. The molecule has 0 amide bonds. The lowest BCUT2D eigenvalue weighted by atomic mass is 10.3. The van der Waals surface area contributed by atoms with E-state index in [9.17, 15) is 0 Å². The monoisotopic (exact) mass is 260 g/mol. The van der Waals surface area contributed by atoms with Crippen LogP contribution in [0.2, 0.25) is 0 Å². The summed E-state index contributed by atoms with van der Waals surface area (Å²) in [6.07, 6.45) is 0. The van der Waals surface area contributed by atoms with Crippen LogP contribution in [0.5, 0.6) is 0 Å². The van der Waals surface area contributed by atoms with Crippen molar-refractivity contribution in [3.05, 3.63) is 0 Å². The molecule has 0 aromatic carbocycles. The lowest BCUT2D eigenvalue weighted by molar-refractivity contribution is 0.0598. The van der Waals surface area contributed by atoms with Crippen LogP contribution < -0.4 is 11.5 Å². The number of nitrogens with two attached hydrogens (primary N) is 2. The zero-order valence-electron chi connectivity index (χ0n) is 11.4. The molecule has 0 spiro atoms. The van der Waals surface area contributed by atoms with E-state index in [1.165, 1.54) is 0 Å². The maximum Gasteiger partial charge on any atom is 0.0594 e. The fourth-order valence-corrected chi connectivity index (χ4v) is 1.99. The first kappa shape index (κ1) is 15.8. The lowest BCUT2D eigenvalue weighted by Crippen LogP contribution is -2.48. The van der Waals surface area contributed by atoms with Crippen LogP contribution in [0.4, 0.5) is 0 Å². The molecule has 1 saturated heterocycles. The summed E-state index contributed by atoms with van der Waals surface area (Å²) in [5, 5.41) is 0. The van der Waals surface area contributed by atoms with Gasteiger partial charge in [-0.1, -0.05) is 0 Å². The summed E-state index contributed by atoms with van der Waals surface area (Å²) in [5.41, 5.74) is 10.7. The number of rotatable bonds is 10. The molecule has 0 unspecified atom stereocenters. The van der Waals surface area contributed by atoms with Gasteiger partial charge < -0.3 is 20.9 Å². The van der Waals surface area contributed by atoms with Crippen LogP contribution in [0.1, 0.15) is 0 Å². The molecule has 108 valence electrons. The normalized spacial score (nSPS) is 18.3. The minimum Gasteiger partial charge on any atom is -0.379 e. The van der Waals surface area contributed by atoms with Crippen LogP contribution in [0.25, 0.3) is 0 Å². The minimum absolute atomic E-state index is 0.608. The van der Waals surface area contributed by atoms with E-state index < -0.39 is 0 Å². The van der Waals surface area contributed by atoms with Crippen LogP contribution in [-0.4, -0.2) is 88.6 Å². The Morgan fingerprint density at radius 2 is 1.06 bits per heavy atom. The highest BCUT2D eigenvalue weighted by Gasteiger charge is 2.15. The molecule has 18 heavy (non-hydrogen) atoms. The van der Waals surface area contributed by atoms with Gasteiger partial charge in [-0.05, 0) is 0 Å². The van der Waals surface area contributed by atoms with Gasteiger partial charge in [-0.3, -0.25) is 9.80 Å². The molecule has 4 N–H and O–H groups in total. The summed E-state index contributed by atoms with van der Waals surface area (Å²) in [7, 11) is 0. The zero-order chi connectivity index (χ0) is 13.1. The Labute approximate surface area is 110 Å². The summed E-state index contributed by atoms with van der Waals surface area (Å²) in [6.45, 7) is 10.6. The summed E-state index contributed by atoms with van der Waals surface area (Å²) in [4.78, 5) is 4.88. The van der Waals surface area contributed by atoms with Crippen molar-refractivity contribution in [1.82, 2.24) is 9.80 Å². The second-order valence-corrected chi connectivity index (χ2v) is 4.49. The standard InChI is InChI=1S/C12H28N4O2/c13-1-9-17-11-7-15-3-5-16(6-4-15)8-12-18-10-2-14/h1-14H2. The number of nitrogens with zero attached hydrogens (tertiary/aromatic N) is 2. The lowest BCUT2D eigenvalue weighted by Gasteiger charge is -2.34. The third kappa shape index (κ3) is 7.25. The van der Waals surface area contributed by atoms with E-state index in [0.29, 0.717) is 26.3 Å². The molecule has 6 heteroatoms. The molecule has 0 aromatic heterocycles.